The van der Waals surface area contributed by atoms with Crippen LogP contribution in [0.3, 0.4) is 0 Å². The van der Waals surface area contributed by atoms with Crippen LogP contribution in [0.15, 0.2) is 39.8 Å². The first kappa shape index (κ1) is 17.6. The summed E-state index contributed by atoms with van der Waals surface area (Å²) < 4.78 is 31.8. The van der Waals surface area contributed by atoms with E-state index in [4.69, 9.17) is 4.52 Å². The van der Waals surface area contributed by atoms with E-state index in [1.165, 1.54) is 22.5 Å². The molecule has 1 saturated heterocycles. The molecule has 0 saturated carbocycles. The molecule has 25 heavy (non-hydrogen) atoms. The van der Waals surface area contributed by atoms with Crippen LogP contribution in [0.1, 0.15) is 36.0 Å². The molecule has 8 heteroatoms. The number of nitrogens with one attached hydrogen (secondary N) is 1. The highest BCUT2D eigenvalue weighted by atomic mass is 32.2. The number of rotatable bonds is 4. The van der Waals surface area contributed by atoms with Crippen molar-refractivity contribution >= 4 is 21.6 Å². The predicted molar refractivity (Wildman–Crippen MR) is 92.8 cm³/mol. The van der Waals surface area contributed by atoms with Crippen molar-refractivity contribution in [3.8, 4) is 0 Å². The fourth-order valence-corrected chi connectivity index (χ4v) is 4.49. The number of aryl methyl sites for hydroxylation is 1. The zero-order valence-electron chi connectivity index (χ0n) is 14.2. The molecular weight excluding hydrogens is 342 g/mol. The Hall–Kier alpha value is -2.19. The van der Waals surface area contributed by atoms with E-state index >= 15 is 0 Å². The van der Waals surface area contributed by atoms with E-state index in [-0.39, 0.29) is 10.6 Å². The van der Waals surface area contributed by atoms with Crippen LogP contribution in [0.4, 0.5) is 5.69 Å². The Bertz CT molecular complexity index is 858. The summed E-state index contributed by atoms with van der Waals surface area (Å²) in [5.74, 6) is 0.507. The van der Waals surface area contributed by atoms with E-state index in [0.29, 0.717) is 30.5 Å². The molecule has 1 aromatic heterocycles. The molecule has 1 aliphatic rings. The number of carbonyl (C=O) groups excluding carboxylic acids is 1. The average Bonchev–Trinajstić information content (AvgIpc) is 3.02. The summed E-state index contributed by atoms with van der Waals surface area (Å²) in [6.07, 6.45) is 1.93. The summed E-state index contributed by atoms with van der Waals surface area (Å²) in [6, 6.07) is 7.71. The van der Waals surface area contributed by atoms with Crippen molar-refractivity contribution in [2.75, 3.05) is 18.4 Å². The topological polar surface area (TPSA) is 92.5 Å². The number of hydrogen-bond acceptors (Lipinski definition) is 5. The van der Waals surface area contributed by atoms with Crippen molar-refractivity contribution in [1.29, 1.82) is 0 Å². The molecule has 7 nitrogen and oxygen atoms in total. The zero-order valence-corrected chi connectivity index (χ0v) is 15.0. The number of amides is 1. The lowest BCUT2D eigenvalue weighted by atomic mass is 10.0. The Labute approximate surface area is 147 Å². The SMILES string of the molecule is Cc1cc(C(=O)Nc2ccc(S(=O)(=O)N3CCCC(C)C3)cc2)no1. The second-order valence-corrected chi connectivity index (χ2v) is 8.35. The summed E-state index contributed by atoms with van der Waals surface area (Å²) in [4.78, 5) is 12.3. The number of hydrogen-bond donors (Lipinski definition) is 1. The Kier molecular flexibility index (Phi) is 4.91. The predicted octanol–water partition coefficient (Wildman–Crippen LogP) is 2.66. The number of benzene rings is 1. The lowest BCUT2D eigenvalue weighted by Crippen LogP contribution is -2.39. The molecule has 2 aromatic rings. The third-order valence-electron chi connectivity index (χ3n) is 4.23. The number of nitrogens with zero attached hydrogens (tertiary/aromatic N) is 2. The van der Waals surface area contributed by atoms with Crippen LogP contribution in [-0.4, -0.2) is 36.9 Å². The minimum absolute atomic E-state index is 0.177. The summed E-state index contributed by atoms with van der Waals surface area (Å²) in [6.45, 7) is 4.86. The minimum Gasteiger partial charge on any atom is -0.361 e. The third kappa shape index (κ3) is 3.91. The Morgan fingerprint density at radius 1 is 1.32 bits per heavy atom. The van der Waals surface area contributed by atoms with E-state index in [2.05, 4.69) is 17.4 Å². The van der Waals surface area contributed by atoms with Crippen LogP contribution in [0.25, 0.3) is 0 Å². The molecule has 2 heterocycles. The van der Waals surface area contributed by atoms with E-state index in [1.807, 2.05) is 0 Å². The van der Waals surface area contributed by atoms with Gasteiger partial charge in [-0.2, -0.15) is 4.31 Å². The van der Waals surface area contributed by atoms with E-state index in [9.17, 15) is 13.2 Å². The minimum atomic E-state index is -3.50. The molecule has 1 fully saturated rings. The molecular formula is C17H21N3O4S. The normalized spacial score (nSPS) is 18.9. The first-order valence-electron chi connectivity index (χ1n) is 8.21. The van der Waals surface area contributed by atoms with Gasteiger partial charge in [-0.05, 0) is 49.9 Å². The van der Waals surface area contributed by atoms with Gasteiger partial charge >= 0.3 is 0 Å². The van der Waals surface area contributed by atoms with Crippen LogP contribution in [0.5, 0.6) is 0 Å². The Morgan fingerprint density at radius 2 is 2.04 bits per heavy atom. The number of piperidine rings is 1. The highest BCUT2D eigenvalue weighted by Crippen LogP contribution is 2.24. The molecule has 0 spiro atoms. The van der Waals surface area contributed by atoms with Gasteiger partial charge in [0.25, 0.3) is 5.91 Å². The number of carbonyl (C=O) groups is 1. The molecule has 1 N–H and O–H groups in total. The average molecular weight is 363 g/mol. The molecule has 1 aliphatic heterocycles. The maximum Gasteiger partial charge on any atom is 0.277 e. The molecule has 3 rings (SSSR count). The van der Waals surface area contributed by atoms with E-state index in [1.54, 1.807) is 19.1 Å². The number of sulfonamides is 1. The van der Waals surface area contributed by atoms with Crippen LogP contribution < -0.4 is 5.32 Å². The third-order valence-corrected chi connectivity index (χ3v) is 6.11. The molecule has 1 aromatic carbocycles. The lowest BCUT2D eigenvalue weighted by Gasteiger charge is -2.30. The van der Waals surface area contributed by atoms with Gasteiger partial charge in [-0.25, -0.2) is 8.42 Å². The quantitative estimate of drug-likeness (QED) is 0.901. The molecule has 0 radical (unpaired) electrons. The lowest BCUT2D eigenvalue weighted by molar-refractivity contribution is 0.101. The van der Waals surface area contributed by atoms with Crippen molar-refractivity contribution < 1.29 is 17.7 Å². The maximum atomic E-state index is 12.7. The second-order valence-electron chi connectivity index (χ2n) is 6.41. The Morgan fingerprint density at radius 3 is 2.64 bits per heavy atom. The molecule has 0 bridgehead atoms. The molecule has 1 amide bonds. The van der Waals surface area contributed by atoms with Crippen molar-refractivity contribution in [1.82, 2.24) is 9.46 Å². The van der Waals surface area contributed by atoms with Crippen LogP contribution in [-0.2, 0) is 10.0 Å². The van der Waals surface area contributed by atoms with Crippen molar-refractivity contribution in [3.05, 3.63) is 41.8 Å². The highest BCUT2D eigenvalue weighted by molar-refractivity contribution is 7.89. The summed E-state index contributed by atoms with van der Waals surface area (Å²) in [7, 11) is -3.50. The molecule has 0 aliphatic carbocycles. The van der Waals surface area contributed by atoms with Gasteiger partial charge in [0.2, 0.25) is 10.0 Å². The van der Waals surface area contributed by atoms with Gasteiger partial charge in [-0.15, -0.1) is 0 Å². The smallest absolute Gasteiger partial charge is 0.277 e. The van der Waals surface area contributed by atoms with E-state index in [0.717, 1.165) is 12.8 Å². The van der Waals surface area contributed by atoms with Crippen molar-refractivity contribution in [2.45, 2.75) is 31.6 Å². The molecule has 134 valence electrons. The van der Waals surface area contributed by atoms with E-state index < -0.39 is 15.9 Å². The van der Waals surface area contributed by atoms with Crippen LogP contribution in [0, 0.1) is 12.8 Å². The number of anilines is 1. The largest absolute Gasteiger partial charge is 0.361 e. The maximum absolute atomic E-state index is 12.7. The number of aromatic nitrogens is 1. The second kappa shape index (κ2) is 6.97. The molecule has 1 atom stereocenters. The van der Waals surface area contributed by atoms with Gasteiger partial charge in [0, 0.05) is 24.8 Å². The van der Waals surface area contributed by atoms with Gasteiger partial charge in [0.15, 0.2) is 5.69 Å². The summed E-state index contributed by atoms with van der Waals surface area (Å²) >= 11 is 0. The highest BCUT2D eigenvalue weighted by Gasteiger charge is 2.28. The van der Waals surface area contributed by atoms with Gasteiger partial charge in [-0.3, -0.25) is 4.79 Å². The standard InChI is InChI=1S/C17H21N3O4S/c1-12-4-3-9-20(11-12)25(22,23)15-7-5-14(6-8-15)18-17(21)16-10-13(2)24-19-16/h5-8,10,12H,3-4,9,11H2,1-2H3,(H,18,21). The first-order chi connectivity index (χ1) is 11.9. The van der Waals surface area contributed by atoms with Gasteiger partial charge < -0.3 is 9.84 Å². The zero-order chi connectivity index (χ0) is 18.0. The Balaban J connectivity index is 1.72. The van der Waals surface area contributed by atoms with Crippen molar-refractivity contribution in [3.63, 3.8) is 0 Å². The fourth-order valence-electron chi connectivity index (χ4n) is 2.89. The fraction of sp³-hybridized carbons (Fsp3) is 0.412. The first-order valence-corrected chi connectivity index (χ1v) is 9.65. The van der Waals surface area contributed by atoms with Crippen molar-refractivity contribution in [2.24, 2.45) is 5.92 Å². The van der Waals surface area contributed by atoms with Gasteiger partial charge in [0.05, 0.1) is 4.90 Å². The summed E-state index contributed by atoms with van der Waals surface area (Å²) in [5.41, 5.74) is 0.674. The molecule has 1 unspecified atom stereocenters. The van der Waals surface area contributed by atoms with Crippen LogP contribution in [0.2, 0.25) is 0 Å². The monoisotopic (exact) mass is 363 g/mol. The summed E-state index contributed by atoms with van der Waals surface area (Å²) in [5, 5.41) is 6.31. The van der Waals surface area contributed by atoms with Gasteiger partial charge in [-0.1, -0.05) is 12.1 Å². The van der Waals surface area contributed by atoms with Gasteiger partial charge in [0.1, 0.15) is 5.76 Å². The van der Waals surface area contributed by atoms with Crippen LogP contribution >= 0.6 is 0 Å².